The van der Waals surface area contributed by atoms with Crippen LogP contribution in [0.1, 0.15) is 19.8 Å². The SMILES string of the molecule is CC(F)Oc1ccc(-n2cnc3cc(Br)ccc3c2=O)cc1NC(=O)C1(N2CCN(C)CC2)CC1. The van der Waals surface area contributed by atoms with Gasteiger partial charge in [0.05, 0.1) is 22.3 Å². The van der Waals surface area contributed by atoms with Crippen LogP contribution in [0.15, 0.2) is 52.0 Å². The Morgan fingerprint density at radius 3 is 2.60 bits per heavy atom. The zero-order valence-corrected chi connectivity index (χ0v) is 21.2. The Labute approximate surface area is 210 Å². The van der Waals surface area contributed by atoms with E-state index in [1.54, 1.807) is 36.4 Å². The number of anilines is 1. The number of nitrogens with one attached hydrogen (secondary N) is 1. The topological polar surface area (TPSA) is 79.7 Å². The molecule has 0 bridgehead atoms. The highest BCUT2D eigenvalue weighted by molar-refractivity contribution is 9.10. The van der Waals surface area contributed by atoms with Gasteiger partial charge in [-0.05, 0) is 56.3 Å². The molecule has 0 radical (unpaired) electrons. The molecule has 1 saturated carbocycles. The number of piperazine rings is 1. The predicted octanol–water partition coefficient (Wildman–Crippen LogP) is 3.56. The Bertz CT molecular complexity index is 1330. The molecule has 1 aliphatic carbocycles. The summed E-state index contributed by atoms with van der Waals surface area (Å²) in [5, 5.41) is 3.44. The van der Waals surface area contributed by atoms with Crippen molar-refractivity contribution in [2.24, 2.45) is 0 Å². The lowest BCUT2D eigenvalue weighted by molar-refractivity contribution is -0.123. The van der Waals surface area contributed by atoms with Crippen LogP contribution in [0.5, 0.6) is 5.75 Å². The van der Waals surface area contributed by atoms with Crippen LogP contribution >= 0.6 is 15.9 Å². The number of aromatic nitrogens is 2. The first-order chi connectivity index (χ1) is 16.8. The van der Waals surface area contributed by atoms with Crippen molar-refractivity contribution in [1.82, 2.24) is 19.4 Å². The number of amides is 1. The molecule has 1 unspecified atom stereocenters. The largest absolute Gasteiger partial charge is 0.459 e. The van der Waals surface area contributed by atoms with Gasteiger partial charge in [0.15, 0.2) is 0 Å². The Kier molecular flexibility index (Phi) is 6.37. The minimum Gasteiger partial charge on any atom is -0.459 e. The number of rotatable bonds is 6. The minimum absolute atomic E-state index is 0.135. The van der Waals surface area contributed by atoms with Gasteiger partial charge in [-0.15, -0.1) is 0 Å². The number of likely N-dealkylation sites (N-methyl/N-ethyl adjacent to an activating group) is 1. The van der Waals surface area contributed by atoms with Gasteiger partial charge in [-0.2, -0.15) is 0 Å². The maximum atomic E-state index is 13.8. The Morgan fingerprint density at radius 1 is 1.17 bits per heavy atom. The van der Waals surface area contributed by atoms with Crippen LogP contribution in [0, 0.1) is 0 Å². The predicted molar refractivity (Wildman–Crippen MR) is 136 cm³/mol. The van der Waals surface area contributed by atoms with Gasteiger partial charge in [-0.25, -0.2) is 9.37 Å². The van der Waals surface area contributed by atoms with Crippen LogP contribution in [-0.4, -0.2) is 70.4 Å². The lowest BCUT2D eigenvalue weighted by atomic mass is 10.1. The highest BCUT2D eigenvalue weighted by atomic mass is 79.9. The first kappa shape index (κ1) is 23.9. The van der Waals surface area contributed by atoms with Crippen molar-refractivity contribution in [3.05, 3.63) is 57.6 Å². The van der Waals surface area contributed by atoms with E-state index in [2.05, 4.69) is 43.1 Å². The highest BCUT2D eigenvalue weighted by Gasteiger charge is 2.54. The second-order valence-electron chi connectivity index (χ2n) is 9.20. The van der Waals surface area contributed by atoms with Gasteiger partial charge in [0, 0.05) is 37.6 Å². The van der Waals surface area contributed by atoms with Crippen LogP contribution in [0.25, 0.3) is 16.6 Å². The van der Waals surface area contributed by atoms with E-state index in [0.29, 0.717) is 22.3 Å². The van der Waals surface area contributed by atoms with Crippen LogP contribution in [0.4, 0.5) is 10.1 Å². The number of benzene rings is 2. The molecule has 3 aromatic rings. The molecule has 184 valence electrons. The maximum absolute atomic E-state index is 13.8. The number of fused-ring (bicyclic) bond motifs is 1. The smallest absolute Gasteiger partial charge is 0.265 e. The van der Waals surface area contributed by atoms with Gasteiger partial charge in [0.25, 0.3) is 5.56 Å². The van der Waals surface area contributed by atoms with E-state index in [-0.39, 0.29) is 17.2 Å². The van der Waals surface area contributed by atoms with Crippen LogP contribution in [-0.2, 0) is 4.79 Å². The molecule has 2 aliphatic rings. The fraction of sp³-hybridized carbons (Fsp3) is 0.400. The molecular weight excluding hydrogens is 517 g/mol. The number of alkyl halides is 1. The highest BCUT2D eigenvalue weighted by Crippen LogP contribution is 2.44. The monoisotopic (exact) mass is 543 g/mol. The summed E-state index contributed by atoms with van der Waals surface area (Å²) in [7, 11) is 2.08. The van der Waals surface area contributed by atoms with E-state index in [0.717, 1.165) is 43.5 Å². The standard InChI is InChI=1S/C25H27BrFN5O3/c1-16(27)35-22-6-4-18(32-15-28-20-13-17(26)3-5-19(20)23(32)33)14-21(22)29-24(34)25(7-8-25)31-11-9-30(2)10-12-31/h3-6,13-16H,7-12H2,1-2H3,(H,29,34). The number of hydrogen-bond acceptors (Lipinski definition) is 6. The van der Waals surface area contributed by atoms with Gasteiger partial charge >= 0.3 is 0 Å². The van der Waals surface area contributed by atoms with Gasteiger partial charge in [0.1, 0.15) is 17.6 Å². The van der Waals surface area contributed by atoms with Crippen LogP contribution < -0.4 is 15.6 Å². The fourth-order valence-electron chi connectivity index (χ4n) is 4.60. The molecule has 1 aromatic heterocycles. The summed E-state index contributed by atoms with van der Waals surface area (Å²) >= 11 is 3.39. The molecule has 2 heterocycles. The number of carbonyl (C=O) groups excluding carboxylic acids is 1. The molecule has 2 aromatic carbocycles. The average Bonchev–Trinajstić information content (AvgIpc) is 3.63. The summed E-state index contributed by atoms with van der Waals surface area (Å²) in [5.41, 5.74) is 0.586. The van der Waals surface area contributed by atoms with Gasteiger partial charge in [0.2, 0.25) is 12.3 Å². The molecule has 2 fully saturated rings. The average molecular weight is 544 g/mol. The number of ether oxygens (including phenoxy) is 1. The summed E-state index contributed by atoms with van der Waals surface area (Å²) in [4.78, 5) is 35.5. The van der Waals surface area contributed by atoms with Crippen molar-refractivity contribution in [2.45, 2.75) is 31.7 Å². The van der Waals surface area contributed by atoms with Crippen molar-refractivity contribution in [3.63, 3.8) is 0 Å². The zero-order chi connectivity index (χ0) is 24.7. The fourth-order valence-corrected chi connectivity index (χ4v) is 4.95. The van der Waals surface area contributed by atoms with E-state index in [1.807, 2.05) is 0 Å². The summed E-state index contributed by atoms with van der Waals surface area (Å²) in [6, 6.07) is 10.1. The quantitative estimate of drug-likeness (QED) is 0.512. The van der Waals surface area contributed by atoms with E-state index in [9.17, 15) is 14.0 Å². The molecule has 5 rings (SSSR count). The van der Waals surface area contributed by atoms with Crippen molar-refractivity contribution in [3.8, 4) is 11.4 Å². The summed E-state index contributed by atoms with van der Waals surface area (Å²) in [5.74, 6) is 0.0707. The molecule has 8 nitrogen and oxygen atoms in total. The number of carbonyl (C=O) groups is 1. The van der Waals surface area contributed by atoms with Crippen molar-refractivity contribution < 1.29 is 13.9 Å². The van der Waals surface area contributed by atoms with Crippen molar-refractivity contribution >= 4 is 38.4 Å². The first-order valence-corrected chi connectivity index (χ1v) is 12.4. The van der Waals surface area contributed by atoms with E-state index in [1.165, 1.54) is 17.8 Å². The second kappa shape index (κ2) is 9.33. The lowest BCUT2D eigenvalue weighted by Crippen LogP contribution is -2.54. The van der Waals surface area contributed by atoms with E-state index >= 15 is 0 Å². The molecule has 1 saturated heterocycles. The molecule has 35 heavy (non-hydrogen) atoms. The van der Waals surface area contributed by atoms with Gasteiger partial charge in [-0.3, -0.25) is 19.1 Å². The zero-order valence-electron chi connectivity index (χ0n) is 19.6. The molecule has 1 atom stereocenters. The van der Waals surface area contributed by atoms with Gasteiger partial charge < -0.3 is 15.0 Å². The third-order valence-electron chi connectivity index (χ3n) is 6.76. The Balaban J connectivity index is 1.48. The maximum Gasteiger partial charge on any atom is 0.265 e. The molecule has 1 N–H and O–H groups in total. The summed E-state index contributed by atoms with van der Waals surface area (Å²) in [6.45, 7) is 4.74. The Morgan fingerprint density at radius 2 is 1.91 bits per heavy atom. The third kappa shape index (κ3) is 4.70. The van der Waals surface area contributed by atoms with Crippen molar-refractivity contribution in [2.75, 3.05) is 38.5 Å². The summed E-state index contributed by atoms with van der Waals surface area (Å²) < 4.78 is 21.3. The number of nitrogens with zero attached hydrogens (tertiary/aromatic N) is 4. The number of hydrogen-bond donors (Lipinski definition) is 1. The molecule has 1 amide bonds. The molecule has 0 spiro atoms. The Hall–Kier alpha value is -2.82. The third-order valence-corrected chi connectivity index (χ3v) is 7.25. The van der Waals surface area contributed by atoms with Crippen LogP contribution in [0.2, 0.25) is 0 Å². The van der Waals surface area contributed by atoms with E-state index < -0.39 is 11.9 Å². The second-order valence-corrected chi connectivity index (χ2v) is 10.1. The number of halogens is 2. The summed E-state index contributed by atoms with van der Waals surface area (Å²) in [6.07, 6.45) is 1.44. The lowest BCUT2D eigenvalue weighted by Gasteiger charge is -2.37. The molecule has 1 aliphatic heterocycles. The minimum atomic E-state index is -1.56. The van der Waals surface area contributed by atoms with Crippen molar-refractivity contribution in [1.29, 1.82) is 0 Å². The molecule has 10 heteroatoms. The first-order valence-electron chi connectivity index (χ1n) is 11.6. The van der Waals surface area contributed by atoms with Gasteiger partial charge in [-0.1, -0.05) is 15.9 Å². The van der Waals surface area contributed by atoms with E-state index in [4.69, 9.17) is 4.74 Å². The normalized spacial score (nSPS) is 18.9. The molecular formula is C25H27BrFN5O3. The van der Waals surface area contributed by atoms with Crippen LogP contribution in [0.3, 0.4) is 0 Å².